The molecule has 2 N–H and O–H groups in total. The van der Waals surface area contributed by atoms with Gasteiger partial charge in [0.1, 0.15) is 5.82 Å². The number of nitrogens with zero attached hydrogens (tertiary/aromatic N) is 2. The van der Waals surface area contributed by atoms with E-state index < -0.39 is 0 Å². The Bertz CT molecular complexity index is 386. The number of rotatable bonds is 4. The van der Waals surface area contributed by atoms with Crippen molar-refractivity contribution in [2.75, 3.05) is 26.0 Å². The van der Waals surface area contributed by atoms with Crippen LogP contribution in [-0.4, -0.2) is 41.4 Å². The first-order valence-electron chi connectivity index (χ1n) is 4.58. The van der Waals surface area contributed by atoms with Gasteiger partial charge >= 0.3 is 0 Å². The summed E-state index contributed by atoms with van der Waals surface area (Å²) >= 11 is 0. The number of hydrogen-bond acceptors (Lipinski definition) is 4. The third-order valence-electron chi connectivity index (χ3n) is 1.82. The fourth-order valence-electron chi connectivity index (χ4n) is 0.986. The van der Waals surface area contributed by atoms with Gasteiger partial charge in [0.05, 0.1) is 6.33 Å². The quantitative estimate of drug-likeness (QED) is 0.712. The summed E-state index contributed by atoms with van der Waals surface area (Å²) in [5.74, 6) is 0.512. The third-order valence-corrected chi connectivity index (χ3v) is 1.82. The molecule has 6 nitrogen and oxygen atoms in total. The van der Waals surface area contributed by atoms with Gasteiger partial charge in [0.2, 0.25) is 5.91 Å². The van der Waals surface area contributed by atoms with Crippen molar-refractivity contribution < 1.29 is 4.79 Å². The van der Waals surface area contributed by atoms with E-state index in [1.165, 1.54) is 17.3 Å². The fraction of sp³-hybridized carbons (Fsp3) is 0.444. The maximum Gasteiger partial charge on any atom is 0.252 e. The van der Waals surface area contributed by atoms with E-state index in [0.717, 1.165) is 0 Å². The lowest BCUT2D eigenvalue weighted by molar-refractivity contribution is -0.128. The van der Waals surface area contributed by atoms with E-state index in [2.05, 4.69) is 15.3 Å². The van der Waals surface area contributed by atoms with Crippen LogP contribution in [0.25, 0.3) is 0 Å². The summed E-state index contributed by atoms with van der Waals surface area (Å²) in [4.78, 5) is 29.9. The maximum atomic E-state index is 11.2. The minimum Gasteiger partial charge on any atom is -0.369 e. The first-order valence-corrected chi connectivity index (χ1v) is 4.58. The SMILES string of the molecule is CN(C)C(=O)CCNc1cc(=O)[nH]cn1. The van der Waals surface area contributed by atoms with Crippen molar-refractivity contribution in [1.29, 1.82) is 0 Å². The van der Waals surface area contributed by atoms with E-state index in [0.29, 0.717) is 18.8 Å². The Hall–Kier alpha value is -1.85. The highest BCUT2D eigenvalue weighted by molar-refractivity contribution is 5.76. The van der Waals surface area contributed by atoms with E-state index in [1.54, 1.807) is 14.1 Å². The highest BCUT2D eigenvalue weighted by atomic mass is 16.2. The smallest absolute Gasteiger partial charge is 0.252 e. The van der Waals surface area contributed by atoms with Crippen molar-refractivity contribution in [1.82, 2.24) is 14.9 Å². The molecule has 0 fully saturated rings. The van der Waals surface area contributed by atoms with Gasteiger partial charge in [0.15, 0.2) is 0 Å². The molecular formula is C9H14N4O2. The molecule has 0 aromatic carbocycles. The molecule has 0 spiro atoms. The van der Waals surface area contributed by atoms with Crippen molar-refractivity contribution in [3.63, 3.8) is 0 Å². The van der Waals surface area contributed by atoms with Gasteiger partial charge < -0.3 is 15.2 Å². The molecule has 0 saturated carbocycles. The zero-order valence-electron chi connectivity index (χ0n) is 8.78. The van der Waals surface area contributed by atoms with Crippen LogP contribution in [0.5, 0.6) is 0 Å². The molecule has 0 unspecified atom stereocenters. The number of carbonyl (C=O) groups excluding carboxylic acids is 1. The molecule has 1 heterocycles. The van der Waals surface area contributed by atoms with Gasteiger partial charge in [0, 0.05) is 33.1 Å². The van der Waals surface area contributed by atoms with Crippen LogP contribution >= 0.6 is 0 Å². The van der Waals surface area contributed by atoms with Crippen LogP contribution in [0.3, 0.4) is 0 Å². The lowest BCUT2D eigenvalue weighted by Crippen LogP contribution is -2.24. The first-order chi connectivity index (χ1) is 7.09. The third kappa shape index (κ3) is 3.80. The summed E-state index contributed by atoms with van der Waals surface area (Å²) in [5.41, 5.74) is -0.216. The standard InChI is InChI=1S/C9H14N4O2/c1-13(2)9(15)3-4-10-7-5-8(14)12-6-11-7/h5-6H,3-4H2,1-2H3,(H2,10,11,12,14). The number of H-pyrrole nitrogens is 1. The number of anilines is 1. The Morgan fingerprint density at radius 2 is 2.33 bits per heavy atom. The molecule has 1 rings (SSSR count). The number of aromatic nitrogens is 2. The highest BCUT2D eigenvalue weighted by Gasteiger charge is 2.02. The second-order valence-electron chi connectivity index (χ2n) is 3.26. The predicted octanol–water partition coefficient (Wildman–Crippen LogP) is -0.340. The first kappa shape index (κ1) is 11.2. The molecule has 1 aromatic heterocycles. The summed E-state index contributed by atoms with van der Waals surface area (Å²) in [5, 5.41) is 2.89. The molecule has 0 aliphatic heterocycles. The number of amides is 1. The molecule has 0 saturated heterocycles. The van der Waals surface area contributed by atoms with Crippen molar-refractivity contribution in [2.45, 2.75) is 6.42 Å². The van der Waals surface area contributed by atoms with E-state index in [-0.39, 0.29) is 11.5 Å². The number of hydrogen-bond donors (Lipinski definition) is 2. The normalized spacial score (nSPS) is 9.73. The van der Waals surface area contributed by atoms with E-state index in [4.69, 9.17) is 0 Å². The Morgan fingerprint density at radius 1 is 1.60 bits per heavy atom. The molecule has 15 heavy (non-hydrogen) atoms. The Labute approximate surface area is 87.3 Å². The van der Waals surface area contributed by atoms with Crippen LogP contribution in [-0.2, 0) is 4.79 Å². The molecule has 0 radical (unpaired) electrons. The summed E-state index contributed by atoms with van der Waals surface area (Å²) in [6.07, 6.45) is 1.69. The van der Waals surface area contributed by atoms with E-state index in [1.807, 2.05) is 0 Å². The van der Waals surface area contributed by atoms with Crippen molar-refractivity contribution in [3.05, 3.63) is 22.7 Å². The summed E-state index contributed by atoms with van der Waals surface area (Å²) < 4.78 is 0. The zero-order chi connectivity index (χ0) is 11.3. The van der Waals surface area contributed by atoms with Gasteiger partial charge in [-0.15, -0.1) is 0 Å². The molecule has 82 valence electrons. The number of aromatic amines is 1. The Morgan fingerprint density at radius 3 is 2.93 bits per heavy atom. The van der Waals surface area contributed by atoms with E-state index in [9.17, 15) is 9.59 Å². The van der Waals surface area contributed by atoms with Crippen LogP contribution in [0, 0.1) is 0 Å². The predicted molar refractivity (Wildman–Crippen MR) is 56.7 cm³/mol. The largest absolute Gasteiger partial charge is 0.369 e. The van der Waals surface area contributed by atoms with Gasteiger partial charge in [0.25, 0.3) is 5.56 Å². The molecule has 1 aromatic rings. The van der Waals surface area contributed by atoms with Crippen LogP contribution in [0.2, 0.25) is 0 Å². The van der Waals surface area contributed by atoms with Crippen LogP contribution < -0.4 is 10.9 Å². The lowest BCUT2D eigenvalue weighted by atomic mass is 10.4. The minimum atomic E-state index is -0.216. The average Bonchev–Trinajstić information content (AvgIpc) is 2.17. The Balaban J connectivity index is 2.38. The summed E-state index contributed by atoms with van der Waals surface area (Å²) in [6, 6.07) is 1.35. The Kier molecular flexibility index (Phi) is 3.84. The topological polar surface area (TPSA) is 78.1 Å². The van der Waals surface area contributed by atoms with Crippen LogP contribution in [0.1, 0.15) is 6.42 Å². The molecule has 6 heteroatoms. The average molecular weight is 210 g/mol. The van der Waals surface area contributed by atoms with Crippen LogP contribution in [0.4, 0.5) is 5.82 Å². The summed E-state index contributed by atoms with van der Waals surface area (Å²) in [7, 11) is 3.40. The van der Waals surface area contributed by atoms with Gasteiger partial charge in [-0.1, -0.05) is 0 Å². The monoisotopic (exact) mass is 210 g/mol. The van der Waals surface area contributed by atoms with Crippen molar-refractivity contribution >= 4 is 11.7 Å². The van der Waals surface area contributed by atoms with Crippen molar-refractivity contribution in [2.24, 2.45) is 0 Å². The van der Waals surface area contributed by atoms with Gasteiger partial charge in [-0.05, 0) is 0 Å². The van der Waals surface area contributed by atoms with Gasteiger partial charge in [-0.25, -0.2) is 4.98 Å². The number of nitrogens with one attached hydrogen (secondary N) is 2. The molecule has 0 aliphatic carbocycles. The minimum absolute atomic E-state index is 0.0346. The summed E-state index contributed by atoms with van der Waals surface area (Å²) in [6.45, 7) is 0.466. The van der Waals surface area contributed by atoms with E-state index >= 15 is 0 Å². The molecule has 0 atom stereocenters. The molecule has 0 aliphatic rings. The molecule has 1 amide bonds. The maximum absolute atomic E-state index is 11.2. The van der Waals surface area contributed by atoms with Gasteiger partial charge in [-0.3, -0.25) is 9.59 Å². The fourth-order valence-corrected chi connectivity index (χ4v) is 0.986. The van der Waals surface area contributed by atoms with Gasteiger partial charge in [-0.2, -0.15) is 0 Å². The second-order valence-corrected chi connectivity index (χ2v) is 3.26. The van der Waals surface area contributed by atoms with Crippen LogP contribution in [0.15, 0.2) is 17.2 Å². The molecule has 0 bridgehead atoms. The second kappa shape index (κ2) is 5.14. The van der Waals surface area contributed by atoms with Crippen molar-refractivity contribution in [3.8, 4) is 0 Å². The number of carbonyl (C=O) groups is 1. The lowest BCUT2D eigenvalue weighted by Gasteiger charge is -2.10. The highest BCUT2D eigenvalue weighted by Crippen LogP contribution is 1.95. The molecular weight excluding hydrogens is 196 g/mol. The zero-order valence-corrected chi connectivity index (χ0v) is 8.78.